The van der Waals surface area contributed by atoms with Gasteiger partial charge in [-0.25, -0.2) is 4.39 Å². The predicted octanol–water partition coefficient (Wildman–Crippen LogP) is 4.18. The predicted molar refractivity (Wildman–Crippen MR) is 100 cm³/mol. The van der Waals surface area contributed by atoms with Gasteiger partial charge < -0.3 is 10.6 Å². The summed E-state index contributed by atoms with van der Waals surface area (Å²) in [5.74, 6) is 0.273. The Morgan fingerprint density at radius 1 is 0.962 bits per heavy atom. The smallest absolute Gasteiger partial charge is 0.258 e. The number of nitrogens with zero attached hydrogens (tertiary/aromatic N) is 2. The summed E-state index contributed by atoms with van der Waals surface area (Å²) in [7, 11) is 0. The summed E-state index contributed by atoms with van der Waals surface area (Å²) in [6.07, 6.45) is 0.527. The lowest BCUT2D eigenvalue weighted by Crippen LogP contribution is -2.14. The largest absolute Gasteiger partial charge is 0.368 e. The molecule has 0 aliphatic carbocycles. The molecule has 26 heavy (non-hydrogen) atoms. The minimum Gasteiger partial charge on any atom is -0.368 e. The summed E-state index contributed by atoms with van der Waals surface area (Å²) < 4.78 is 13.6. The lowest BCUT2D eigenvalue weighted by molar-refractivity contribution is 0.102. The van der Waals surface area contributed by atoms with Crippen LogP contribution in [0.1, 0.15) is 15.9 Å². The zero-order valence-corrected chi connectivity index (χ0v) is 14.5. The molecule has 3 aromatic rings. The van der Waals surface area contributed by atoms with E-state index in [4.69, 9.17) is 11.6 Å². The molecule has 1 aromatic heterocycles. The maximum atomic E-state index is 13.6. The molecule has 0 fully saturated rings. The van der Waals surface area contributed by atoms with Crippen LogP contribution in [0.5, 0.6) is 0 Å². The van der Waals surface area contributed by atoms with Crippen LogP contribution in [0.25, 0.3) is 0 Å². The molecule has 7 heteroatoms. The third-order valence-corrected chi connectivity index (χ3v) is 4.01. The normalized spacial score (nSPS) is 10.4. The molecule has 2 N–H and O–H groups in total. The number of carbonyl (C=O) groups is 1. The lowest BCUT2D eigenvalue weighted by Gasteiger charge is -2.08. The number of benzene rings is 2. The van der Waals surface area contributed by atoms with Gasteiger partial charge in [-0.15, -0.1) is 10.2 Å². The summed E-state index contributed by atoms with van der Waals surface area (Å²) in [5, 5.41) is 14.0. The van der Waals surface area contributed by atoms with E-state index in [0.717, 1.165) is 0 Å². The molecular weight excluding hydrogens is 355 g/mol. The fourth-order valence-electron chi connectivity index (χ4n) is 2.35. The van der Waals surface area contributed by atoms with Gasteiger partial charge in [-0.2, -0.15) is 0 Å². The van der Waals surface area contributed by atoms with Crippen LogP contribution in [0.2, 0.25) is 5.02 Å². The Morgan fingerprint density at radius 3 is 2.38 bits per heavy atom. The molecule has 0 unspecified atom stereocenters. The zero-order chi connectivity index (χ0) is 18.4. The molecule has 2 aromatic carbocycles. The van der Waals surface area contributed by atoms with Gasteiger partial charge >= 0.3 is 0 Å². The summed E-state index contributed by atoms with van der Waals surface area (Å²) in [4.78, 5) is 12.2. The highest BCUT2D eigenvalue weighted by molar-refractivity contribution is 6.34. The van der Waals surface area contributed by atoms with E-state index in [1.165, 1.54) is 6.07 Å². The van der Waals surface area contributed by atoms with E-state index in [1.807, 2.05) is 0 Å². The van der Waals surface area contributed by atoms with Gasteiger partial charge in [-0.3, -0.25) is 4.79 Å². The maximum absolute atomic E-state index is 13.6. The Morgan fingerprint density at radius 2 is 1.65 bits per heavy atom. The molecule has 0 aliphatic rings. The number of hydrogen-bond acceptors (Lipinski definition) is 4. The Hall–Kier alpha value is -2.99. The molecule has 5 nitrogen and oxygen atoms in total. The number of halogens is 2. The van der Waals surface area contributed by atoms with E-state index in [-0.39, 0.29) is 11.7 Å². The minimum absolute atomic E-state index is 0.224. The summed E-state index contributed by atoms with van der Waals surface area (Å²) >= 11 is 6.00. The fourth-order valence-corrected chi connectivity index (χ4v) is 2.57. The monoisotopic (exact) mass is 370 g/mol. The molecule has 1 heterocycles. The van der Waals surface area contributed by atoms with Gasteiger partial charge in [0.25, 0.3) is 5.91 Å². The number of aromatic nitrogens is 2. The average molecular weight is 371 g/mol. The molecule has 0 saturated carbocycles. The van der Waals surface area contributed by atoms with Gasteiger partial charge in [0.15, 0.2) is 5.82 Å². The first kappa shape index (κ1) is 17.8. The van der Waals surface area contributed by atoms with Crippen LogP contribution < -0.4 is 10.6 Å². The molecule has 1 amide bonds. The minimum atomic E-state index is -0.356. The van der Waals surface area contributed by atoms with E-state index < -0.39 is 0 Å². The van der Waals surface area contributed by atoms with Gasteiger partial charge in [-0.1, -0.05) is 41.9 Å². The van der Waals surface area contributed by atoms with Crippen LogP contribution >= 0.6 is 11.6 Å². The number of amides is 1. The van der Waals surface area contributed by atoms with Gasteiger partial charge in [0, 0.05) is 6.54 Å². The molecule has 0 aliphatic heterocycles. The number of rotatable bonds is 6. The van der Waals surface area contributed by atoms with Crippen molar-refractivity contribution in [2.45, 2.75) is 6.42 Å². The quantitative estimate of drug-likeness (QED) is 0.683. The number of carbonyl (C=O) groups excluding carboxylic acids is 1. The fraction of sp³-hybridized carbons (Fsp3) is 0.105. The van der Waals surface area contributed by atoms with Crippen LogP contribution in [0.4, 0.5) is 16.0 Å². The third kappa shape index (κ3) is 4.55. The van der Waals surface area contributed by atoms with Crippen molar-refractivity contribution in [3.05, 3.63) is 82.6 Å². The third-order valence-electron chi connectivity index (χ3n) is 3.68. The van der Waals surface area contributed by atoms with E-state index >= 15 is 0 Å². The highest BCUT2D eigenvalue weighted by Gasteiger charge is 2.10. The first-order chi connectivity index (χ1) is 12.6. The van der Waals surface area contributed by atoms with Crippen LogP contribution in [0.3, 0.4) is 0 Å². The van der Waals surface area contributed by atoms with E-state index in [9.17, 15) is 9.18 Å². The van der Waals surface area contributed by atoms with Crippen LogP contribution in [-0.2, 0) is 6.42 Å². The summed E-state index contributed by atoms with van der Waals surface area (Å²) in [6.45, 7) is 0.515. The first-order valence-electron chi connectivity index (χ1n) is 8.00. The average Bonchev–Trinajstić information content (AvgIpc) is 2.65. The van der Waals surface area contributed by atoms with Crippen LogP contribution in [0, 0.1) is 5.82 Å². The van der Waals surface area contributed by atoms with Gasteiger partial charge in [0.1, 0.15) is 11.6 Å². The topological polar surface area (TPSA) is 66.9 Å². The molecular formula is C19H16ClFN4O. The van der Waals surface area contributed by atoms with Crippen molar-refractivity contribution in [3.8, 4) is 0 Å². The van der Waals surface area contributed by atoms with Crippen molar-refractivity contribution in [3.63, 3.8) is 0 Å². The summed E-state index contributed by atoms with van der Waals surface area (Å²) in [6, 6.07) is 16.7. The Kier molecular flexibility index (Phi) is 5.76. The summed E-state index contributed by atoms with van der Waals surface area (Å²) in [5.41, 5.74) is 1.000. The molecule has 0 atom stereocenters. The zero-order valence-electron chi connectivity index (χ0n) is 13.7. The van der Waals surface area contributed by atoms with Gasteiger partial charge in [0.2, 0.25) is 0 Å². The second kappa shape index (κ2) is 8.40. The lowest BCUT2D eigenvalue weighted by atomic mass is 10.1. The van der Waals surface area contributed by atoms with Crippen molar-refractivity contribution in [2.24, 2.45) is 0 Å². The number of anilines is 2. The number of hydrogen-bond donors (Lipinski definition) is 2. The van der Waals surface area contributed by atoms with E-state index in [1.54, 1.807) is 54.6 Å². The maximum Gasteiger partial charge on any atom is 0.258 e. The molecule has 0 radical (unpaired) electrons. The standard InChI is InChI=1S/C19H16ClFN4O/c20-15-7-3-2-6-14(15)19(26)23-18-10-9-17(24-25-18)22-12-11-13-5-1-4-8-16(13)21/h1-10H,11-12H2,(H,22,24)(H,23,25,26). The highest BCUT2D eigenvalue weighted by atomic mass is 35.5. The number of nitrogens with one attached hydrogen (secondary N) is 2. The van der Waals surface area contributed by atoms with Crippen LogP contribution in [-0.4, -0.2) is 22.6 Å². The van der Waals surface area contributed by atoms with Gasteiger partial charge in [0.05, 0.1) is 10.6 Å². The van der Waals surface area contributed by atoms with Crippen molar-refractivity contribution in [1.29, 1.82) is 0 Å². The van der Waals surface area contributed by atoms with Crippen molar-refractivity contribution < 1.29 is 9.18 Å². The van der Waals surface area contributed by atoms with E-state index in [0.29, 0.717) is 40.8 Å². The Bertz CT molecular complexity index is 902. The molecule has 132 valence electrons. The molecule has 0 bridgehead atoms. The second-order valence-electron chi connectivity index (χ2n) is 5.51. The highest BCUT2D eigenvalue weighted by Crippen LogP contribution is 2.16. The van der Waals surface area contributed by atoms with Crippen molar-refractivity contribution >= 4 is 29.1 Å². The van der Waals surface area contributed by atoms with Gasteiger partial charge in [-0.05, 0) is 42.3 Å². The second-order valence-corrected chi connectivity index (χ2v) is 5.91. The van der Waals surface area contributed by atoms with Crippen molar-refractivity contribution in [1.82, 2.24) is 10.2 Å². The van der Waals surface area contributed by atoms with Crippen LogP contribution in [0.15, 0.2) is 60.7 Å². The molecule has 0 spiro atoms. The Balaban J connectivity index is 1.54. The molecule has 0 saturated heterocycles. The molecule has 3 rings (SSSR count). The first-order valence-corrected chi connectivity index (χ1v) is 8.38. The van der Waals surface area contributed by atoms with E-state index in [2.05, 4.69) is 20.8 Å². The van der Waals surface area contributed by atoms with Crippen molar-refractivity contribution in [2.75, 3.05) is 17.2 Å². The Labute approximate surface area is 155 Å². The SMILES string of the molecule is O=C(Nc1ccc(NCCc2ccccc2F)nn1)c1ccccc1Cl.